The Morgan fingerprint density at radius 1 is 1.50 bits per heavy atom. The van der Waals surface area contributed by atoms with Gasteiger partial charge >= 0.3 is 5.69 Å². The largest absolute Gasteiger partial charge is 0.481 e. The van der Waals surface area contributed by atoms with Gasteiger partial charge in [0.05, 0.1) is 12.0 Å². The summed E-state index contributed by atoms with van der Waals surface area (Å²) in [5, 5.41) is 11.7. The van der Waals surface area contributed by atoms with Crippen molar-refractivity contribution in [2.75, 3.05) is 20.3 Å². The monoisotopic (exact) mass is 270 g/mol. The van der Waals surface area contributed by atoms with E-state index in [1.54, 1.807) is 0 Å². The first-order valence-electron chi connectivity index (χ1n) is 5.64. The molecule has 18 heavy (non-hydrogen) atoms. The first-order chi connectivity index (χ1) is 8.70. The number of ether oxygens (including phenoxy) is 2. The maximum absolute atomic E-state index is 10.9. The van der Waals surface area contributed by atoms with Gasteiger partial charge in [-0.2, -0.15) is 4.98 Å². The molecular formula is C11H14N2O4S. The molecule has 0 aromatic carbocycles. The van der Waals surface area contributed by atoms with Crippen LogP contribution in [0.4, 0.5) is 5.69 Å². The van der Waals surface area contributed by atoms with Crippen molar-refractivity contribution >= 4 is 17.4 Å². The summed E-state index contributed by atoms with van der Waals surface area (Å²) in [5.74, 6) is 0.398. The van der Waals surface area contributed by atoms with Crippen molar-refractivity contribution < 1.29 is 14.4 Å². The summed E-state index contributed by atoms with van der Waals surface area (Å²) < 4.78 is 10.3. The van der Waals surface area contributed by atoms with Crippen molar-refractivity contribution in [3.05, 3.63) is 22.2 Å². The van der Waals surface area contributed by atoms with Crippen LogP contribution in [-0.4, -0.2) is 35.5 Å². The van der Waals surface area contributed by atoms with E-state index in [1.165, 1.54) is 31.0 Å². The topological polar surface area (TPSA) is 74.5 Å². The van der Waals surface area contributed by atoms with E-state index in [2.05, 4.69) is 4.98 Å². The van der Waals surface area contributed by atoms with Crippen molar-refractivity contribution in [2.24, 2.45) is 0 Å². The Morgan fingerprint density at radius 2 is 2.22 bits per heavy atom. The number of rotatable bonds is 4. The Hall–Kier alpha value is -1.34. The van der Waals surface area contributed by atoms with Gasteiger partial charge in [0.1, 0.15) is 0 Å². The summed E-state index contributed by atoms with van der Waals surface area (Å²) in [6.45, 7) is 1.41. The van der Waals surface area contributed by atoms with Crippen LogP contribution in [0, 0.1) is 10.1 Å². The van der Waals surface area contributed by atoms with Crippen molar-refractivity contribution in [2.45, 2.75) is 23.1 Å². The molecule has 1 aromatic rings. The van der Waals surface area contributed by atoms with Gasteiger partial charge in [0.15, 0.2) is 5.03 Å². The zero-order valence-electron chi connectivity index (χ0n) is 10.00. The Morgan fingerprint density at radius 3 is 2.83 bits per heavy atom. The molecule has 1 aliphatic heterocycles. The van der Waals surface area contributed by atoms with Crippen molar-refractivity contribution in [3.63, 3.8) is 0 Å². The fourth-order valence-corrected chi connectivity index (χ4v) is 2.86. The number of thioether (sulfide) groups is 1. The summed E-state index contributed by atoms with van der Waals surface area (Å²) >= 11 is 1.44. The molecule has 1 fully saturated rings. The number of hydrogen-bond acceptors (Lipinski definition) is 6. The zero-order chi connectivity index (χ0) is 13.0. The van der Waals surface area contributed by atoms with E-state index in [1.807, 2.05) is 0 Å². The number of nitro groups is 1. The molecule has 1 aromatic heterocycles. The number of hydrogen-bond donors (Lipinski definition) is 0. The van der Waals surface area contributed by atoms with E-state index in [0.717, 1.165) is 12.8 Å². The molecule has 1 aliphatic rings. The first kappa shape index (κ1) is 13.1. The molecular weight excluding hydrogens is 256 g/mol. The Kier molecular flexibility index (Phi) is 4.38. The van der Waals surface area contributed by atoms with Gasteiger partial charge in [0.2, 0.25) is 5.88 Å². The molecule has 0 radical (unpaired) electrons. The third-order valence-corrected chi connectivity index (χ3v) is 4.00. The molecule has 98 valence electrons. The highest BCUT2D eigenvalue weighted by molar-refractivity contribution is 8.00. The predicted molar refractivity (Wildman–Crippen MR) is 67.1 cm³/mol. The fourth-order valence-electron chi connectivity index (χ4n) is 1.71. The molecule has 0 N–H and O–H groups in total. The number of pyridine rings is 1. The lowest BCUT2D eigenvalue weighted by atomic mass is 10.2. The normalized spacial score (nSPS) is 16.5. The lowest BCUT2D eigenvalue weighted by Gasteiger charge is -2.20. The lowest BCUT2D eigenvalue weighted by molar-refractivity contribution is -0.388. The van der Waals surface area contributed by atoms with E-state index in [-0.39, 0.29) is 5.69 Å². The van der Waals surface area contributed by atoms with E-state index < -0.39 is 4.92 Å². The number of methoxy groups -OCH3 is 1. The van der Waals surface area contributed by atoms with Gasteiger partial charge in [0.25, 0.3) is 0 Å². The van der Waals surface area contributed by atoms with Crippen molar-refractivity contribution in [3.8, 4) is 5.88 Å². The van der Waals surface area contributed by atoms with Crippen LogP contribution in [0.1, 0.15) is 12.8 Å². The van der Waals surface area contributed by atoms with Crippen LogP contribution in [0.2, 0.25) is 0 Å². The van der Waals surface area contributed by atoms with Gasteiger partial charge in [-0.05, 0) is 12.8 Å². The van der Waals surface area contributed by atoms with E-state index >= 15 is 0 Å². The summed E-state index contributed by atoms with van der Waals surface area (Å²) in [6.07, 6.45) is 1.78. The second kappa shape index (κ2) is 6.01. The molecule has 0 atom stereocenters. The van der Waals surface area contributed by atoms with Crippen molar-refractivity contribution in [1.29, 1.82) is 0 Å². The van der Waals surface area contributed by atoms with Crippen LogP contribution in [0.15, 0.2) is 17.2 Å². The highest BCUT2D eigenvalue weighted by Gasteiger charge is 2.22. The molecule has 0 bridgehead atoms. The third kappa shape index (κ3) is 3.11. The van der Waals surface area contributed by atoms with Gasteiger partial charge < -0.3 is 9.47 Å². The van der Waals surface area contributed by atoms with Crippen LogP contribution >= 0.6 is 11.8 Å². The molecule has 0 spiro atoms. The molecule has 0 unspecified atom stereocenters. The Balaban J connectivity index is 2.19. The molecule has 7 heteroatoms. The summed E-state index contributed by atoms with van der Waals surface area (Å²) in [6, 6.07) is 2.94. The standard InChI is InChI=1S/C11H14N2O4S/c1-16-10-3-2-9(13(14)15)11(12-10)18-8-4-6-17-7-5-8/h2-3,8H,4-7H2,1H3. The second-order valence-electron chi connectivity index (χ2n) is 3.86. The van der Waals surface area contributed by atoms with Crippen LogP contribution in [0.3, 0.4) is 0 Å². The minimum absolute atomic E-state index is 0.0345. The highest BCUT2D eigenvalue weighted by atomic mass is 32.2. The van der Waals surface area contributed by atoms with Crippen LogP contribution < -0.4 is 4.74 Å². The molecule has 6 nitrogen and oxygen atoms in total. The predicted octanol–water partition coefficient (Wildman–Crippen LogP) is 2.27. The minimum Gasteiger partial charge on any atom is -0.481 e. The van der Waals surface area contributed by atoms with E-state index in [4.69, 9.17) is 9.47 Å². The number of nitrogens with zero attached hydrogens (tertiary/aromatic N) is 2. The van der Waals surface area contributed by atoms with Gasteiger partial charge in [-0.1, -0.05) is 11.8 Å². The lowest BCUT2D eigenvalue weighted by Crippen LogP contribution is -2.17. The first-order valence-corrected chi connectivity index (χ1v) is 6.52. The number of aromatic nitrogens is 1. The molecule has 0 aliphatic carbocycles. The molecule has 0 amide bonds. The molecule has 1 saturated heterocycles. The molecule has 0 saturated carbocycles. The summed E-state index contributed by atoms with van der Waals surface area (Å²) in [4.78, 5) is 14.7. The third-order valence-electron chi connectivity index (χ3n) is 2.67. The van der Waals surface area contributed by atoms with Gasteiger partial charge in [-0.3, -0.25) is 10.1 Å². The summed E-state index contributed by atoms with van der Waals surface area (Å²) in [5.41, 5.74) is 0.0345. The van der Waals surface area contributed by atoms with Crippen molar-refractivity contribution in [1.82, 2.24) is 4.98 Å². The fraction of sp³-hybridized carbons (Fsp3) is 0.545. The van der Waals surface area contributed by atoms with Crippen LogP contribution in [0.5, 0.6) is 5.88 Å². The van der Waals surface area contributed by atoms with Gasteiger partial charge in [-0.15, -0.1) is 0 Å². The molecule has 2 rings (SSSR count). The van der Waals surface area contributed by atoms with Gasteiger partial charge in [0, 0.05) is 30.6 Å². The van der Waals surface area contributed by atoms with E-state index in [0.29, 0.717) is 29.4 Å². The van der Waals surface area contributed by atoms with Gasteiger partial charge in [-0.25, -0.2) is 0 Å². The quantitative estimate of drug-likeness (QED) is 0.617. The smallest absolute Gasteiger partial charge is 0.301 e. The van der Waals surface area contributed by atoms with Crippen LogP contribution in [-0.2, 0) is 4.74 Å². The maximum Gasteiger partial charge on any atom is 0.301 e. The zero-order valence-corrected chi connectivity index (χ0v) is 10.8. The van der Waals surface area contributed by atoms with E-state index in [9.17, 15) is 10.1 Å². The summed E-state index contributed by atoms with van der Waals surface area (Å²) in [7, 11) is 1.50. The Bertz CT molecular complexity index is 435. The maximum atomic E-state index is 10.9. The highest BCUT2D eigenvalue weighted by Crippen LogP contribution is 2.35. The Labute approximate surface area is 109 Å². The SMILES string of the molecule is COc1ccc([N+](=O)[O-])c(SC2CCOCC2)n1. The molecule has 2 heterocycles. The minimum atomic E-state index is -0.409. The van der Waals surface area contributed by atoms with Crippen LogP contribution in [0.25, 0.3) is 0 Å². The second-order valence-corrected chi connectivity index (χ2v) is 5.15. The average Bonchev–Trinajstić information content (AvgIpc) is 2.39. The average molecular weight is 270 g/mol.